The first-order valence-electron chi connectivity index (χ1n) is 10.4. The van der Waals surface area contributed by atoms with Gasteiger partial charge in [-0.1, -0.05) is 54.1 Å². The van der Waals surface area contributed by atoms with Gasteiger partial charge in [0.2, 0.25) is 5.82 Å². The summed E-state index contributed by atoms with van der Waals surface area (Å²) < 4.78 is 12.3. The predicted octanol–water partition coefficient (Wildman–Crippen LogP) is 4.34. The van der Waals surface area contributed by atoms with Crippen molar-refractivity contribution < 1.29 is 14.3 Å². The summed E-state index contributed by atoms with van der Waals surface area (Å²) in [7, 11) is 1.57. The molecule has 4 aromatic rings. The van der Waals surface area contributed by atoms with Gasteiger partial charge in [0.05, 0.1) is 16.9 Å². The Morgan fingerprint density at radius 1 is 1.17 bits per heavy atom. The number of hydrogen-bond acceptors (Lipinski definition) is 7. The second-order valence-electron chi connectivity index (χ2n) is 7.25. The molecule has 0 aliphatic rings. The Hall–Kier alpha value is -3.51. The number of ether oxygens (including phenoxy) is 2. The minimum Gasteiger partial charge on any atom is -0.493 e. The van der Waals surface area contributed by atoms with E-state index >= 15 is 0 Å². The van der Waals surface area contributed by atoms with Crippen LogP contribution in [-0.4, -0.2) is 39.4 Å². The minimum atomic E-state index is -0.386. The highest BCUT2D eigenvalue weighted by Gasteiger charge is 2.12. The highest BCUT2D eigenvalue weighted by atomic mass is 127. The number of methoxy groups -OCH3 is 1. The summed E-state index contributed by atoms with van der Waals surface area (Å²) in [6.45, 7) is 0.255. The fraction of sp³-hybridized carbons (Fsp3) is 0.125. The second kappa shape index (κ2) is 11.8. The molecule has 0 saturated heterocycles. The van der Waals surface area contributed by atoms with Gasteiger partial charge < -0.3 is 9.47 Å². The van der Waals surface area contributed by atoms with E-state index in [1.54, 1.807) is 13.2 Å². The van der Waals surface area contributed by atoms with Crippen molar-refractivity contribution in [1.82, 2.24) is 25.6 Å². The third kappa shape index (κ3) is 6.76. The van der Waals surface area contributed by atoms with Crippen molar-refractivity contribution in [3.8, 4) is 22.9 Å². The number of carbonyl (C=O) groups excluding carboxylic acids is 1. The molecule has 0 aliphatic heterocycles. The van der Waals surface area contributed by atoms with E-state index in [2.05, 4.69) is 48.5 Å². The molecular weight excluding hydrogens is 583 g/mol. The Balaban J connectivity index is 1.35. The molecule has 0 spiro atoms. The fourth-order valence-corrected chi connectivity index (χ4v) is 3.95. The number of benzene rings is 3. The Labute approximate surface area is 220 Å². The van der Waals surface area contributed by atoms with Crippen molar-refractivity contribution >= 4 is 46.3 Å². The van der Waals surface area contributed by atoms with Gasteiger partial charge in [-0.2, -0.15) is 9.90 Å². The summed E-state index contributed by atoms with van der Waals surface area (Å²) in [5.41, 5.74) is 5.01. The van der Waals surface area contributed by atoms with Gasteiger partial charge in [-0.25, -0.2) is 5.43 Å². The topological polar surface area (TPSA) is 104 Å². The van der Waals surface area contributed by atoms with E-state index in [1.165, 1.54) is 11.0 Å². The minimum absolute atomic E-state index is 0.116. The van der Waals surface area contributed by atoms with Crippen molar-refractivity contribution in [1.29, 1.82) is 0 Å². The first-order valence-corrected chi connectivity index (χ1v) is 11.9. The molecule has 178 valence electrons. The first kappa shape index (κ1) is 24.6. The maximum atomic E-state index is 12.2. The molecule has 4 rings (SSSR count). The van der Waals surface area contributed by atoms with Crippen LogP contribution in [0.1, 0.15) is 11.1 Å². The first-order chi connectivity index (χ1) is 17.0. The zero-order chi connectivity index (χ0) is 24.6. The van der Waals surface area contributed by atoms with Crippen molar-refractivity contribution in [2.24, 2.45) is 5.10 Å². The average Bonchev–Trinajstić information content (AvgIpc) is 3.33. The van der Waals surface area contributed by atoms with Crippen molar-refractivity contribution in [2.75, 3.05) is 7.11 Å². The lowest BCUT2D eigenvalue weighted by Gasteiger charge is -2.13. The summed E-state index contributed by atoms with van der Waals surface area (Å²) >= 11 is 8.10. The molecule has 0 saturated carbocycles. The number of tetrazole rings is 1. The van der Waals surface area contributed by atoms with Gasteiger partial charge in [-0.15, -0.1) is 10.2 Å². The summed E-state index contributed by atoms with van der Waals surface area (Å²) in [6, 6.07) is 20.5. The lowest BCUT2D eigenvalue weighted by atomic mass is 10.2. The smallest absolute Gasteiger partial charge is 0.263 e. The van der Waals surface area contributed by atoms with Crippen molar-refractivity contribution in [2.45, 2.75) is 13.2 Å². The van der Waals surface area contributed by atoms with E-state index in [0.717, 1.165) is 20.3 Å². The highest BCUT2D eigenvalue weighted by molar-refractivity contribution is 14.1. The normalized spacial score (nSPS) is 10.9. The van der Waals surface area contributed by atoms with E-state index in [0.29, 0.717) is 29.0 Å². The molecule has 0 atom stereocenters. The van der Waals surface area contributed by atoms with Gasteiger partial charge in [0.25, 0.3) is 5.91 Å². The molecule has 11 heteroatoms. The Morgan fingerprint density at radius 3 is 2.69 bits per heavy atom. The van der Waals surface area contributed by atoms with Crippen LogP contribution in [0, 0.1) is 3.57 Å². The van der Waals surface area contributed by atoms with E-state index < -0.39 is 0 Å². The number of rotatable bonds is 9. The maximum Gasteiger partial charge on any atom is 0.263 e. The molecule has 1 amide bonds. The summed E-state index contributed by atoms with van der Waals surface area (Å²) in [5, 5.41) is 16.8. The number of nitrogens with zero attached hydrogens (tertiary/aromatic N) is 5. The number of nitrogens with one attached hydrogen (secondary N) is 1. The summed E-state index contributed by atoms with van der Waals surface area (Å²) in [4.78, 5) is 13.4. The number of hydrazone groups is 1. The number of hydrogen-bond donors (Lipinski definition) is 1. The third-order valence-corrected chi connectivity index (χ3v) is 5.77. The van der Waals surface area contributed by atoms with Gasteiger partial charge in [-0.05, 0) is 63.2 Å². The number of carbonyl (C=O) groups is 1. The van der Waals surface area contributed by atoms with Crippen molar-refractivity contribution in [3.05, 3.63) is 86.4 Å². The van der Waals surface area contributed by atoms with Gasteiger partial charge in [0.1, 0.15) is 13.2 Å². The molecule has 1 heterocycles. The Kier molecular flexibility index (Phi) is 8.27. The molecule has 0 aliphatic carbocycles. The molecule has 0 unspecified atom stereocenters. The maximum absolute atomic E-state index is 12.2. The average molecular weight is 603 g/mol. The van der Waals surface area contributed by atoms with Crippen LogP contribution in [0.4, 0.5) is 0 Å². The SMILES string of the molecule is COc1cc(C=NNC(=O)Cn2nnc(-c3ccccc3)n2)cc(I)c1OCc1ccc(Cl)cc1. The van der Waals surface area contributed by atoms with Crippen LogP contribution in [0.15, 0.2) is 71.8 Å². The Morgan fingerprint density at radius 2 is 1.94 bits per heavy atom. The van der Waals surface area contributed by atoms with E-state index in [1.807, 2.05) is 60.7 Å². The summed E-state index contributed by atoms with van der Waals surface area (Å²) in [6.07, 6.45) is 1.52. The zero-order valence-electron chi connectivity index (χ0n) is 18.6. The molecule has 0 bridgehead atoms. The van der Waals surface area contributed by atoms with Crippen LogP contribution >= 0.6 is 34.2 Å². The standard InChI is InChI=1S/C24H20ClIN6O3/c1-34-21-12-17(11-20(26)23(21)35-15-16-7-9-19(25)10-8-16)13-27-28-22(33)14-32-30-24(29-31-32)18-5-3-2-4-6-18/h2-13H,14-15H2,1H3,(H,28,33). The van der Waals surface area contributed by atoms with Gasteiger partial charge in [0, 0.05) is 10.6 Å². The molecule has 35 heavy (non-hydrogen) atoms. The second-order valence-corrected chi connectivity index (χ2v) is 8.85. The molecule has 3 aromatic carbocycles. The quantitative estimate of drug-likeness (QED) is 0.174. The van der Waals surface area contributed by atoms with Crippen LogP contribution in [0.25, 0.3) is 11.4 Å². The number of halogens is 2. The molecule has 1 aromatic heterocycles. The largest absolute Gasteiger partial charge is 0.493 e. The molecule has 0 radical (unpaired) electrons. The van der Waals surface area contributed by atoms with E-state index in [-0.39, 0.29) is 12.5 Å². The van der Waals surface area contributed by atoms with Crippen LogP contribution in [0.3, 0.4) is 0 Å². The van der Waals surface area contributed by atoms with Crippen LogP contribution in [0.2, 0.25) is 5.02 Å². The lowest BCUT2D eigenvalue weighted by Crippen LogP contribution is -2.24. The number of amides is 1. The molecular formula is C24H20ClIN6O3. The Bertz CT molecular complexity index is 1330. The third-order valence-electron chi connectivity index (χ3n) is 4.72. The molecule has 1 N–H and O–H groups in total. The molecule has 0 fully saturated rings. The lowest BCUT2D eigenvalue weighted by molar-refractivity contribution is -0.122. The number of aromatic nitrogens is 4. The van der Waals surface area contributed by atoms with Crippen LogP contribution < -0.4 is 14.9 Å². The van der Waals surface area contributed by atoms with E-state index in [9.17, 15) is 4.79 Å². The van der Waals surface area contributed by atoms with Gasteiger partial charge >= 0.3 is 0 Å². The fourth-order valence-electron chi connectivity index (χ4n) is 3.05. The van der Waals surface area contributed by atoms with Gasteiger partial charge in [-0.3, -0.25) is 4.79 Å². The molecule has 9 nitrogen and oxygen atoms in total. The van der Waals surface area contributed by atoms with Gasteiger partial charge in [0.15, 0.2) is 11.5 Å². The summed E-state index contributed by atoms with van der Waals surface area (Å²) in [5.74, 6) is 1.24. The monoisotopic (exact) mass is 602 g/mol. The van der Waals surface area contributed by atoms with Crippen molar-refractivity contribution in [3.63, 3.8) is 0 Å². The van der Waals surface area contributed by atoms with Crippen LogP contribution in [0.5, 0.6) is 11.5 Å². The zero-order valence-corrected chi connectivity index (χ0v) is 21.5. The van der Waals surface area contributed by atoms with E-state index in [4.69, 9.17) is 21.1 Å². The highest BCUT2D eigenvalue weighted by Crippen LogP contribution is 2.34. The van der Waals surface area contributed by atoms with Crippen LogP contribution in [-0.2, 0) is 17.9 Å². The predicted molar refractivity (Wildman–Crippen MR) is 140 cm³/mol.